The fourth-order valence-electron chi connectivity index (χ4n) is 1.34. The molecule has 0 spiro atoms. The zero-order valence-corrected chi connectivity index (χ0v) is 10.2. The van der Waals surface area contributed by atoms with Gasteiger partial charge in [-0.3, -0.25) is 5.10 Å². The molecule has 0 saturated carbocycles. The van der Waals surface area contributed by atoms with E-state index in [-0.39, 0.29) is 0 Å². The average Bonchev–Trinajstić information content (AvgIpc) is 2.74. The molecule has 0 fully saturated rings. The minimum absolute atomic E-state index is 0.743. The van der Waals surface area contributed by atoms with Crippen LogP contribution in [0.5, 0.6) is 0 Å². The third-order valence-corrected chi connectivity index (χ3v) is 2.79. The van der Waals surface area contributed by atoms with E-state index in [1.807, 2.05) is 18.2 Å². The van der Waals surface area contributed by atoms with Gasteiger partial charge in [-0.25, -0.2) is 4.98 Å². The Kier molecular flexibility index (Phi) is 3.40. The summed E-state index contributed by atoms with van der Waals surface area (Å²) in [5.41, 5.74) is 7.42. The molecule has 4 N–H and O–H groups in total. The van der Waals surface area contributed by atoms with Crippen molar-refractivity contribution in [3.63, 3.8) is 0 Å². The van der Waals surface area contributed by atoms with Crippen molar-refractivity contribution in [2.24, 2.45) is 0 Å². The Morgan fingerprint density at radius 3 is 3.00 bits per heavy atom. The van der Waals surface area contributed by atoms with Gasteiger partial charge in [0.15, 0.2) is 0 Å². The Balaban J connectivity index is 1.90. The Hall–Kier alpha value is -1.56. The van der Waals surface area contributed by atoms with Crippen LogP contribution in [-0.2, 0) is 6.42 Å². The van der Waals surface area contributed by atoms with Gasteiger partial charge in [0.2, 0.25) is 0 Å². The molecular weight excluding hydrogens is 270 g/mol. The molecule has 2 aromatic rings. The van der Waals surface area contributed by atoms with Crippen LogP contribution in [-0.4, -0.2) is 21.7 Å². The molecule has 0 saturated heterocycles. The van der Waals surface area contributed by atoms with Crippen LogP contribution >= 0.6 is 15.9 Å². The number of halogens is 1. The van der Waals surface area contributed by atoms with Crippen molar-refractivity contribution in [3.05, 3.63) is 34.8 Å². The van der Waals surface area contributed by atoms with E-state index in [1.165, 1.54) is 6.33 Å². The van der Waals surface area contributed by atoms with Gasteiger partial charge in [-0.1, -0.05) is 0 Å². The number of nitrogens with zero attached hydrogens (tertiary/aromatic N) is 2. The van der Waals surface area contributed by atoms with Crippen LogP contribution < -0.4 is 11.1 Å². The molecule has 0 amide bonds. The van der Waals surface area contributed by atoms with E-state index in [4.69, 9.17) is 5.73 Å². The summed E-state index contributed by atoms with van der Waals surface area (Å²) >= 11 is 3.45. The monoisotopic (exact) mass is 281 g/mol. The quantitative estimate of drug-likeness (QED) is 0.747. The second kappa shape index (κ2) is 4.98. The normalized spacial score (nSPS) is 10.3. The van der Waals surface area contributed by atoms with Crippen LogP contribution in [0, 0.1) is 0 Å². The number of H-pyrrole nitrogens is 1. The molecule has 0 aliphatic rings. The first-order chi connectivity index (χ1) is 7.75. The van der Waals surface area contributed by atoms with E-state index in [0.29, 0.717) is 0 Å². The van der Waals surface area contributed by atoms with Gasteiger partial charge in [0.25, 0.3) is 0 Å². The summed E-state index contributed by atoms with van der Waals surface area (Å²) in [4.78, 5) is 4.05. The van der Waals surface area contributed by atoms with Gasteiger partial charge in [-0.2, -0.15) is 5.10 Å². The van der Waals surface area contributed by atoms with E-state index in [1.54, 1.807) is 0 Å². The summed E-state index contributed by atoms with van der Waals surface area (Å²) in [6.45, 7) is 0.789. The molecule has 0 unspecified atom stereocenters. The zero-order valence-electron chi connectivity index (χ0n) is 8.57. The highest BCUT2D eigenvalue weighted by Crippen LogP contribution is 2.24. The second-order valence-corrected chi connectivity index (χ2v) is 4.20. The maximum absolute atomic E-state index is 5.65. The summed E-state index contributed by atoms with van der Waals surface area (Å²) in [7, 11) is 0. The number of hydrogen-bond donors (Lipinski definition) is 3. The molecule has 0 aliphatic carbocycles. The molecule has 1 aromatic carbocycles. The summed E-state index contributed by atoms with van der Waals surface area (Å²) in [6.07, 6.45) is 2.31. The lowest BCUT2D eigenvalue weighted by atomic mass is 10.3. The van der Waals surface area contributed by atoms with Gasteiger partial charge in [0.1, 0.15) is 12.2 Å². The van der Waals surface area contributed by atoms with Gasteiger partial charge in [-0.15, -0.1) is 0 Å². The number of aromatic nitrogens is 3. The fraction of sp³-hybridized carbons (Fsp3) is 0.200. The smallest absolute Gasteiger partial charge is 0.137 e. The van der Waals surface area contributed by atoms with Crippen LogP contribution in [0.4, 0.5) is 11.4 Å². The van der Waals surface area contributed by atoms with Crippen molar-refractivity contribution in [2.45, 2.75) is 6.42 Å². The maximum Gasteiger partial charge on any atom is 0.137 e. The zero-order chi connectivity index (χ0) is 11.4. The van der Waals surface area contributed by atoms with Crippen molar-refractivity contribution in [1.82, 2.24) is 15.2 Å². The molecule has 6 heteroatoms. The van der Waals surface area contributed by atoms with E-state index < -0.39 is 0 Å². The third-order valence-electron chi connectivity index (χ3n) is 2.14. The highest BCUT2D eigenvalue weighted by Gasteiger charge is 2.00. The number of nitrogen functional groups attached to an aromatic ring is 1. The van der Waals surface area contributed by atoms with Crippen molar-refractivity contribution in [1.29, 1.82) is 0 Å². The highest BCUT2D eigenvalue weighted by atomic mass is 79.9. The van der Waals surface area contributed by atoms with Gasteiger partial charge in [0, 0.05) is 28.8 Å². The van der Waals surface area contributed by atoms with E-state index in [9.17, 15) is 0 Å². The van der Waals surface area contributed by atoms with Crippen molar-refractivity contribution in [3.8, 4) is 0 Å². The number of nitrogens with one attached hydrogen (secondary N) is 2. The van der Waals surface area contributed by atoms with Crippen LogP contribution in [0.2, 0.25) is 0 Å². The largest absolute Gasteiger partial charge is 0.399 e. The molecule has 1 aromatic heterocycles. The first kappa shape index (κ1) is 10.9. The molecule has 2 rings (SSSR count). The molecule has 0 radical (unpaired) electrons. The van der Waals surface area contributed by atoms with Gasteiger partial charge < -0.3 is 11.1 Å². The molecular formula is C10H12BrN5. The number of hydrogen-bond acceptors (Lipinski definition) is 4. The van der Waals surface area contributed by atoms with E-state index >= 15 is 0 Å². The van der Waals surface area contributed by atoms with Crippen LogP contribution in [0.15, 0.2) is 29.0 Å². The number of aromatic amines is 1. The fourth-order valence-corrected chi connectivity index (χ4v) is 1.88. The topological polar surface area (TPSA) is 79.6 Å². The molecule has 0 atom stereocenters. The number of rotatable bonds is 4. The maximum atomic E-state index is 5.65. The molecule has 1 heterocycles. The average molecular weight is 282 g/mol. The highest BCUT2D eigenvalue weighted by molar-refractivity contribution is 9.10. The van der Waals surface area contributed by atoms with Crippen LogP contribution in [0.1, 0.15) is 5.82 Å². The van der Waals surface area contributed by atoms with Gasteiger partial charge in [-0.05, 0) is 34.1 Å². The molecule has 16 heavy (non-hydrogen) atoms. The lowest BCUT2D eigenvalue weighted by Gasteiger charge is -2.07. The first-order valence-corrected chi connectivity index (χ1v) is 5.68. The first-order valence-electron chi connectivity index (χ1n) is 4.89. The van der Waals surface area contributed by atoms with E-state index in [2.05, 4.69) is 36.4 Å². The molecule has 84 valence electrons. The minimum Gasteiger partial charge on any atom is -0.399 e. The lowest BCUT2D eigenvalue weighted by Crippen LogP contribution is -2.06. The van der Waals surface area contributed by atoms with Crippen LogP contribution in [0.25, 0.3) is 0 Å². The Morgan fingerprint density at radius 2 is 2.31 bits per heavy atom. The number of benzene rings is 1. The summed E-state index contributed by atoms with van der Waals surface area (Å²) in [6, 6.07) is 5.68. The van der Waals surface area contributed by atoms with Gasteiger partial charge >= 0.3 is 0 Å². The third kappa shape index (κ3) is 2.73. The van der Waals surface area contributed by atoms with Crippen molar-refractivity contribution >= 4 is 27.3 Å². The summed E-state index contributed by atoms with van der Waals surface area (Å²) < 4.78 is 0.963. The summed E-state index contributed by atoms with van der Waals surface area (Å²) in [5, 5.41) is 9.89. The number of anilines is 2. The van der Waals surface area contributed by atoms with E-state index in [0.717, 1.165) is 34.6 Å². The Bertz CT molecular complexity index is 454. The molecule has 0 bridgehead atoms. The minimum atomic E-state index is 0.743. The summed E-state index contributed by atoms with van der Waals surface area (Å²) in [5.74, 6) is 0.874. The molecule has 5 nitrogen and oxygen atoms in total. The predicted molar refractivity (Wildman–Crippen MR) is 67.1 cm³/mol. The number of nitrogens with two attached hydrogens (primary N) is 1. The van der Waals surface area contributed by atoms with Crippen molar-refractivity contribution in [2.75, 3.05) is 17.6 Å². The SMILES string of the molecule is Nc1ccc(NCCc2ncn[nH]2)c(Br)c1. The Labute approximate surface area is 102 Å². The standard InChI is InChI=1S/C10H12BrN5/c11-8-5-7(12)1-2-9(8)13-4-3-10-14-6-15-16-10/h1-2,5-6,13H,3-4,12H2,(H,14,15,16). The second-order valence-electron chi connectivity index (χ2n) is 3.35. The molecule has 0 aliphatic heterocycles. The Morgan fingerprint density at radius 1 is 1.44 bits per heavy atom. The van der Waals surface area contributed by atoms with Gasteiger partial charge in [0.05, 0.1) is 0 Å². The van der Waals surface area contributed by atoms with Crippen molar-refractivity contribution < 1.29 is 0 Å². The lowest BCUT2D eigenvalue weighted by molar-refractivity contribution is 0.901. The predicted octanol–water partition coefficient (Wildman–Crippen LogP) is 1.80. The van der Waals surface area contributed by atoms with Crippen LogP contribution in [0.3, 0.4) is 0 Å².